The van der Waals surface area contributed by atoms with Crippen LogP contribution in [0.5, 0.6) is 5.75 Å². The normalized spacial score (nSPS) is 26.6. The number of aryl methyl sites for hydroxylation is 2. The van der Waals surface area contributed by atoms with Crippen LogP contribution >= 0.6 is 7.67 Å². The SMILES string of the molecule is Cc1cccc(C)c1OP1(=O)N(c2ccccc2)CC2CCCN21. The smallest absolute Gasteiger partial charge is 0.417 e. The fourth-order valence-electron chi connectivity index (χ4n) is 3.80. The molecule has 0 spiro atoms. The predicted molar refractivity (Wildman–Crippen MR) is 97.7 cm³/mol. The molecule has 0 amide bonds. The molecule has 2 atom stereocenters. The van der Waals surface area contributed by atoms with Crippen LogP contribution in [0.2, 0.25) is 0 Å². The minimum absolute atomic E-state index is 0.320. The summed E-state index contributed by atoms with van der Waals surface area (Å²) < 4.78 is 24.5. The minimum Gasteiger partial charge on any atom is -0.417 e. The first-order valence-electron chi connectivity index (χ1n) is 8.55. The molecular weight excluding hydrogens is 319 g/mol. The minimum atomic E-state index is -3.11. The molecule has 2 saturated heterocycles. The number of para-hydroxylation sites is 2. The summed E-state index contributed by atoms with van der Waals surface area (Å²) in [6.07, 6.45) is 2.18. The van der Waals surface area contributed by atoms with Crippen LogP contribution in [0.3, 0.4) is 0 Å². The van der Waals surface area contributed by atoms with Gasteiger partial charge in [0.15, 0.2) is 0 Å². The van der Waals surface area contributed by atoms with E-state index in [4.69, 9.17) is 4.52 Å². The third kappa shape index (κ3) is 2.45. The maximum atomic E-state index is 14.1. The fourth-order valence-corrected chi connectivity index (χ4v) is 6.62. The highest BCUT2D eigenvalue weighted by Gasteiger charge is 2.53. The molecule has 0 saturated carbocycles. The molecule has 0 aromatic heterocycles. The van der Waals surface area contributed by atoms with Crippen LogP contribution in [0, 0.1) is 13.8 Å². The molecule has 4 nitrogen and oxygen atoms in total. The second-order valence-electron chi connectivity index (χ2n) is 6.68. The molecule has 2 heterocycles. The summed E-state index contributed by atoms with van der Waals surface area (Å²) in [6, 6.07) is 16.3. The van der Waals surface area contributed by atoms with Crippen molar-refractivity contribution in [1.82, 2.24) is 4.67 Å². The molecule has 24 heavy (non-hydrogen) atoms. The Kier molecular flexibility index (Phi) is 3.90. The first kappa shape index (κ1) is 15.7. The average Bonchev–Trinajstić information content (AvgIpc) is 3.15. The Morgan fingerprint density at radius 1 is 1.04 bits per heavy atom. The Morgan fingerprint density at radius 3 is 2.46 bits per heavy atom. The molecular formula is C19H23N2O2P. The molecule has 0 radical (unpaired) electrons. The molecule has 0 aliphatic carbocycles. The first-order chi connectivity index (χ1) is 11.6. The topological polar surface area (TPSA) is 32.8 Å². The van der Waals surface area contributed by atoms with Crippen molar-refractivity contribution in [2.24, 2.45) is 0 Å². The summed E-state index contributed by atoms with van der Waals surface area (Å²) in [5, 5.41) is 0. The molecule has 0 N–H and O–H groups in total. The Morgan fingerprint density at radius 2 is 1.75 bits per heavy atom. The monoisotopic (exact) mass is 342 g/mol. The Balaban J connectivity index is 1.77. The highest BCUT2D eigenvalue weighted by atomic mass is 31.2. The number of hydrogen-bond donors (Lipinski definition) is 0. The number of nitrogens with zero attached hydrogens (tertiary/aromatic N) is 2. The summed E-state index contributed by atoms with van der Waals surface area (Å²) in [4.78, 5) is 0. The van der Waals surface area contributed by atoms with E-state index in [1.54, 1.807) is 0 Å². The van der Waals surface area contributed by atoms with Gasteiger partial charge in [0.05, 0.1) is 0 Å². The lowest BCUT2D eigenvalue weighted by Gasteiger charge is -2.31. The summed E-state index contributed by atoms with van der Waals surface area (Å²) in [7, 11) is -3.11. The Labute approximate surface area is 143 Å². The number of anilines is 1. The zero-order chi connectivity index (χ0) is 16.7. The van der Waals surface area contributed by atoms with E-state index in [9.17, 15) is 4.57 Å². The molecule has 2 aromatic rings. The summed E-state index contributed by atoms with van der Waals surface area (Å²) in [5.74, 6) is 0.759. The van der Waals surface area contributed by atoms with Gasteiger partial charge in [-0.3, -0.25) is 4.67 Å². The summed E-state index contributed by atoms with van der Waals surface area (Å²) in [6.45, 7) is 5.64. The quantitative estimate of drug-likeness (QED) is 0.752. The zero-order valence-electron chi connectivity index (χ0n) is 14.2. The maximum Gasteiger partial charge on any atom is 0.422 e. The molecule has 5 heteroatoms. The standard InChI is InChI=1S/C19H23N2O2P/c1-15-8-6-9-16(2)19(15)23-24(22)20-13-7-12-18(20)14-21(24)17-10-4-3-5-11-17/h3-6,8-11,18H,7,12-14H2,1-2H3. The highest BCUT2D eigenvalue weighted by molar-refractivity contribution is 7.59. The first-order valence-corrected chi connectivity index (χ1v) is 10.1. The third-order valence-corrected chi connectivity index (χ3v) is 7.63. The van der Waals surface area contributed by atoms with E-state index in [0.29, 0.717) is 6.04 Å². The largest absolute Gasteiger partial charge is 0.422 e. The molecule has 126 valence electrons. The lowest BCUT2D eigenvalue weighted by molar-refractivity contribution is 0.373. The fraction of sp³-hybridized carbons (Fsp3) is 0.368. The van der Waals surface area contributed by atoms with Gasteiger partial charge in [-0.2, -0.15) is 4.67 Å². The molecule has 2 aliphatic heterocycles. The van der Waals surface area contributed by atoms with Gasteiger partial charge >= 0.3 is 7.67 Å². The molecule has 0 bridgehead atoms. The van der Waals surface area contributed by atoms with Crippen molar-refractivity contribution in [1.29, 1.82) is 0 Å². The average molecular weight is 342 g/mol. The number of rotatable bonds is 3. The van der Waals surface area contributed by atoms with Crippen LogP contribution in [0.1, 0.15) is 24.0 Å². The van der Waals surface area contributed by atoms with Crippen LogP contribution in [-0.4, -0.2) is 23.8 Å². The number of hydrogen-bond acceptors (Lipinski definition) is 2. The van der Waals surface area contributed by atoms with Gasteiger partial charge in [-0.05, 0) is 49.9 Å². The summed E-state index contributed by atoms with van der Waals surface area (Å²) >= 11 is 0. The van der Waals surface area contributed by atoms with Gasteiger partial charge < -0.3 is 4.52 Å². The maximum absolute atomic E-state index is 14.1. The van der Waals surface area contributed by atoms with Gasteiger partial charge in [-0.15, -0.1) is 0 Å². The van der Waals surface area contributed by atoms with Crippen LogP contribution in [0.25, 0.3) is 0 Å². The van der Waals surface area contributed by atoms with Gasteiger partial charge in [0, 0.05) is 24.8 Å². The molecule has 2 aliphatic rings. The van der Waals surface area contributed by atoms with E-state index in [2.05, 4.69) is 4.67 Å². The van der Waals surface area contributed by atoms with Crippen LogP contribution in [-0.2, 0) is 4.57 Å². The Bertz CT molecular complexity index is 773. The Hall–Kier alpha value is -1.77. The molecule has 2 fully saturated rings. The number of benzene rings is 2. The van der Waals surface area contributed by atoms with Crippen molar-refractivity contribution in [3.8, 4) is 5.75 Å². The van der Waals surface area contributed by atoms with E-state index < -0.39 is 7.67 Å². The van der Waals surface area contributed by atoms with E-state index in [-0.39, 0.29) is 0 Å². The van der Waals surface area contributed by atoms with Crippen molar-refractivity contribution >= 4 is 13.4 Å². The van der Waals surface area contributed by atoms with E-state index >= 15 is 0 Å². The molecule has 4 rings (SSSR count). The second-order valence-corrected chi connectivity index (χ2v) is 8.84. The molecule has 2 aromatic carbocycles. The van der Waals surface area contributed by atoms with Crippen molar-refractivity contribution < 1.29 is 9.09 Å². The summed E-state index contributed by atoms with van der Waals surface area (Å²) in [5.41, 5.74) is 3.03. The van der Waals surface area contributed by atoms with Crippen LogP contribution < -0.4 is 9.19 Å². The highest BCUT2D eigenvalue weighted by Crippen LogP contribution is 2.63. The van der Waals surface area contributed by atoms with E-state index in [1.807, 2.05) is 67.0 Å². The lowest BCUT2D eigenvalue weighted by Crippen LogP contribution is -2.23. The van der Waals surface area contributed by atoms with Gasteiger partial charge in [0.2, 0.25) is 0 Å². The van der Waals surface area contributed by atoms with Crippen molar-refractivity contribution in [2.45, 2.75) is 32.7 Å². The second kappa shape index (κ2) is 5.94. The van der Waals surface area contributed by atoms with Crippen molar-refractivity contribution in [2.75, 3.05) is 17.8 Å². The lowest BCUT2D eigenvalue weighted by atomic mass is 10.1. The van der Waals surface area contributed by atoms with E-state index in [0.717, 1.165) is 48.5 Å². The van der Waals surface area contributed by atoms with Gasteiger partial charge in [-0.1, -0.05) is 36.4 Å². The third-order valence-electron chi connectivity index (χ3n) is 5.03. The van der Waals surface area contributed by atoms with Gasteiger partial charge in [-0.25, -0.2) is 4.57 Å². The molecule has 2 unspecified atom stereocenters. The van der Waals surface area contributed by atoms with Crippen LogP contribution in [0.4, 0.5) is 5.69 Å². The van der Waals surface area contributed by atoms with Crippen molar-refractivity contribution in [3.63, 3.8) is 0 Å². The van der Waals surface area contributed by atoms with Crippen molar-refractivity contribution in [3.05, 3.63) is 59.7 Å². The van der Waals surface area contributed by atoms with Gasteiger partial charge in [0.25, 0.3) is 0 Å². The van der Waals surface area contributed by atoms with E-state index in [1.165, 1.54) is 0 Å². The van der Waals surface area contributed by atoms with Gasteiger partial charge in [0.1, 0.15) is 5.75 Å². The van der Waals surface area contributed by atoms with Crippen LogP contribution in [0.15, 0.2) is 48.5 Å². The zero-order valence-corrected chi connectivity index (χ0v) is 15.1. The number of fused-ring (bicyclic) bond motifs is 1. The predicted octanol–water partition coefficient (Wildman–Crippen LogP) is 4.77.